The van der Waals surface area contributed by atoms with Crippen LogP contribution in [0.25, 0.3) is 0 Å². The number of anilines is 1. The molecule has 22 heavy (non-hydrogen) atoms. The van der Waals surface area contributed by atoms with E-state index in [4.69, 9.17) is 4.98 Å². The number of carbonyl (C=O) groups excluding carboxylic acids is 1. The lowest BCUT2D eigenvalue weighted by atomic mass is 10.0. The maximum atomic E-state index is 12.1. The Bertz CT molecular complexity index is 667. The van der Waals surface area contributed by atoms with E-state index in [0.29, 0.717) is 0 Å². The topological polar surface area (TPSA) is 71.8 Å². The predicted molar refractivity (Wildman–Crippen MR) is 87.3 cm³/mol. The van der Waals surface area contributed by atoms with Crippen LogP contribution in [0.4, 0.5) is 10.5 Å². The zero-order valence-electron chi connectivity index (χ0n) is 13.1. The Hall–Kier alpha value is -1.89. The minimum Gasteiger partial charge on any atom is -0.329 e. The first-order chi connectivity index (χ1) is 10.5. The summed E-state index contributed by atoms with van der Waals surface area (Å²) in [6.07, 6.45) is 6.32. The van der Waals surface area contributed by atoms with E-state index in [1.54, 1.807) is 22.2 Å². The Morgan fingerprint density at radius 2 is 2.18 bits per heavy atom. The number of nitrogens with zero attached hydrogens (tertiary/aromatic N) is 3. The summed E-state index contributed by atoms with van der Waals surface area (Å²) in [5.41, 5.74) is 2.88. The number of thiazole rings is 1. The van der Waals surface area contributed by atoms with Crippen molar-refractivity contribution in [2.75, 3.05) is 5.32 Å². The van der Waals surface area contributed by atoms with Gasteiger partial charge in [0.1, 0.15) is 5.01 Å². The van der Waals surface area contributed by atoms with Gasteiger partial charge in [-0.25, -0.2) is 9.78 Å². The van der Waals surface area contributed by atoms with E-state index in [9.17, 15) is 4.79 Å². The molecule has 2 amide bonds. The third-order valence-electron chi connectivity index (χ3n) is 4.06. The van der Waals surface area contributed by atoms with Crippen molar-refractivity contribution in [1.82, 2.24) is 20.1 Å². The second-order valence-electron chi connectivity index (χ2n) is 5.72. The van der Waals surface area contributed by atoms with Crippen molar-refractivity contribution in [2.24, 2.45) is 7.05 Å². The number of carbonyl (C=O) groups is 1. The summed E-state index contributed by atoms with van der Waals surface area (Å²) in [6.45, 7) is 3.89. The molecule has 0 spiro atoms. The smallest absolute Gasteiger partial charge is 0.319 e. The van der Waals surface area contributed by atoms with Crippen molar-refractivity contribution in [1.29, 1.82) is 0 Å². The van der Waals surface area contributed by atoms with E-state index < -0.39 is 0 Å². The molecule has 1 aliphatic rings. The Labute approximate surface area is 133 Å². The van der Waals surface area contributed by atoms with Crippen LogP contribution in [0.1, 0.15) is 47.1 Å². The highest BCUT2D eigenvalue weighted by molar-refractivity contribution is 7.11. The fourth-order valence-electron chi connectivity index (χ4n) is 2.60. The molecule has 1 aliphatic carbocycles. The molecule has 1 atom stereocenters. The molecular weight excluding hydrogens is 298 g/mol. The van der Waals surface area contributed by atoms with E-state index in [2.05, 4.69) is 15.7 Å². The zero-order valence-corrected chi connectivity index (χ0v) is 14.0. The number of aromatic nitrogens is 3. The second-order valence-corrected chi connectivity index (χ2v) is 6.83. The van der Waals surface area contributed by atoms with Crippen molar-refractivity contribution < 1.29 is 4.79 Å². The van der Waals surface area contributed by atoms with E-state index in [0.717, 1.165) is 29.2 Å². The van der Waals surface area contributed by atoms with Gasteiger partial charge in [0, 0.05) is 11.9 Å². The fraction of sp³-hybridized carbons (Fsp3) is 0.533. The van der Waals surface area contributed by atoms with E-state index >= 15 is 0 Å². The van der Waals surface area contributed by atoms with Crippen molar-refractivity contribution in [3.63, 3.8) is 0 Å². The van der Waals surface area contributed by atoms with Crippen LogP contribution in [0, 0.1) is 6.92 Å². The molecule has 2 N–H and O–H groups in total. The van der Waals surface area contributed by atoms with Crippen molar-refractivity contribution in [3.05, 3.63) is 27.5 Å². The lowest BCUT2D eigenvalue weighted by molar-refractivity contribution is 0.249. The molecule has 0 saturated heterocycles. The highest BCUT2D eigenvalue weighted by Crippen LogP contribution is 2.29. The van der Waals surface area contributed by atoms with Gasteiger partial charge in [-0.05, 0) is 39.5 Å². The molecule has 0 unspecified atom stereocenters. The van der Waals surface area contributed by atoms with E-state index in [1.165, 1.54) is 23.4 Å². The fourth-order valence-corrected chi connectivity index (χ4v) is 3.75. The molecular formula is C15H21N5OS. The van der Waals surface area contributed by atoms with Crippen LogP contribution >= 0.6 is 11.3 Å². The number of urea groups is 1. The summed E-state index contributed by atoms with van der Waals surface area (Å²) in [5.74, 6) is 0. The Kier molecular flexibility index (Phi) is 4.15. The molecule has 3 rings (SSSR count). The summed E-state index contributed by atoms with van der Waals surface area (Å²) < 4.78 is 1.73. The van der Waals surface area contributed by atoms with Gasteiger partial charge in [0.2, 0.25) is 0 Å². The number of rotatable bonds is 3. The summed E-state index contributed by atoms with van der Waals surface area (Å²) in [5, 5.41) is 10.9. The minimum absolute atomic E-state index is 0.0902. The van der Waals surface area contributed by atoms with Gasteiger partial charge in [0.25, 0.3) is 0 Å². The van der Waals surface area contributed by atoms with Gasteiger partial charge in [0.05, 0.1) is 29.3 Å². The molecule has 2 heterocycles. The quantitative estimate of drug-likeness (QED) is 0.913. The maximum Gasteiger partial charge on any atom is 0.319 e. The minimum atomic E-state index is -0.225. The normalized spacial score (nSPS) is 15.2. The van der Waals surface area contributed by atoms with E-state index in [-0.39, 0.29) is 12.1 Å². The molecule has 2 aromatic rings. The van der Waals surface area contributed by atoms with Gasteiger partial charge >= 0.3 is 6.03 Å². The number of fused-ring (bicyclic) bond motifs is 1. The lowest BCUT2D eigenvalue weighted by Crippen LogP contribution is -2.31. The molecule has 0 bridgehead atoms. The molecule has 0 radical (unpaired) electrons. The molecule has 118 valence electrons. The summed E-state index contributed by atoms with van der Waals surface area (Å²) >= 11 is 1.73. The van der Waals surface area contributed by atoms with Crippen LogP contribution in [0.3, 0.4) is 0 Å². The molecule has 7 heteroatoms. The largest absolute Gasteiger partial charge is 0.329 e. The van der Waals surface area contributed by atoms with Gasteiger partial charge in [-0.15, -0.1) is 11.3 Å². The number of amides is 2. The van der Waals surface area contributed by atoms with Crippen molar-refractivity contribution in [2.45, 2.75) is 45.6 Å². The molecule has 0 fully saturated rings. The number of hydrogen-bond donors (Lipinski definition) is 2. The summed E-state index contributed by atoms with van der Waals surface area (Å²) in [6, 6.07) is -0.315. The SMILES string of the molecule is Cc1c(NC(=O)N[C@H](C)c2nc3c(s2)CCCC3)cnn1C. The average Bonchev–Trinajstić information content (AvgIpc) is 3.06. The molecule has 0 saturated carbocycles. The van der Waals surface area contributed by atoms with Crippen LogP contribution in [-0.4, -0.2) is 20.8 Å². The van der Waals surface area contributed by atoms with Crippen LogP contribution in [0.5, 0.6) is 0 Å². The van der Waals surface area contributed by atoms with Crippen LogP contribution in [-0.2, 0) is 19.9 Å². The third kappa shape index (κ3) is 2.99. The van der Waals surface area contributed by atoms with Crippen LogP contribution < -0.4 is 10.6 Å². The first-order valence-corrected chi connectivity index (χ1v) is 8.41. The average molecular weight is 319 g/mol. The van der Waals surface area contributed by atoms with E-state index in [1.807, 2.05) is 20.9 Å². The van der Waals surface area contributed by atoms with Gasteiger partial charge in [-0.1, -0.05) is 0 Å². The third-order valence-corrected chi connectivity index (χ3v) is 5.40. The molecule has 0 aromatic carbocycles. The number of aryl methyl sites for hydroxylation is 3. The van der Waals surface area contributed by atoms with Gasteiger partial charge in [-0.3, -0.25) is 4.68 Å². The first kappa shape index (κ1) is 15.0. The van der Waals surface area contributed by atoms with Crippen molar-refractivity contribution in [3.8, 4) is 0 Å². The van der Waals surface area contributed by atoms with Gasteiger partial charge < -0.3 is 10.6 Å². The molecule has 2 aromatic heterocycles. The highest BCUT2D eigenvalue weighted by atomic mass is 32.1. The number of hydrogen-bond acceptors (Lipinski definition) is 4. The monoisotopic (exact) mass is 319 g/mol. The Morgan fingerprint density at radius 1 is 1.41 bits per heavy atom. The summed E-state index contributed by atoms with van der Waals surface area (Å²) in [4.78, 5) is 18.2. The maximum absolute atomic E-state index is 12.1. The Morgan fingerprint density at radius 3 is 2.86 bits per heavy atom. The van der Waals surface area contributed by atoms with Crippen LogP contribution in [0.2, 0.25) is 0 Å². The standard InChI is InChI=1S/C15H21N5OS/c1-9(14-18-11-6-4-5-7-13(11)22-14)17-15(21)19-12-8-16-20(3)10(12)2/h8-9H,4-7H2,1-3H3,(H2,17,19,21)/t9-/m1/s1. The zero-order chi connectivity index (χ0) is 15.7. The second kappa shape index (κ2) is 6.08. The van der Waals surface area contributed by atoms with Gasteiger partial charge in [-0.2, -0.15) is 5.10 Å². The lowest BCUT2D eigenvalue weighted by Gasteiger charge is -2.12. The highest BCUT2D eigenvalue weighted by Gasteiger charge is 2.19. The Balaban J connectivity index is 1.63. The summed E-state index contributed by atoms with van der Waals surface area (Å²) in [7, 11) is 1.85. The van der Waals surface area contributed by atoms with Crippen molar-refractivity contribution >= 4 is 23.1 Å². The first-order valence-electron chi connectivity index (χ1n) is 7.59. The molecule has 6 nitrogen and oxygen atoms in total. The van der Waals surface area contributed by atoms with Gasteiger partial charge in [0.15, 0.2) is 0 Å². The predicted octanol–water partition coefficient (Wildman–Crippen LogP) is 2.95. The van der Waals surface area contributed by atoms with Crippen LogP contribution in [0.15, 0.2) is 6.20 Å². The molecule has 0 aliphatic heterocycles. The number of nitrogens with one attached hydrogen (secondary N) is 2.